The quantitative estimate of drug-likeness (QED) is 0.943. The maximum absolute atomic E-state index is 5.96. The fourth-order valence-corrected chi connectivity index (χ4v) is 3.18. The van der Waals surface area contributed by atoms with Crippen molar-refractivity contribution < 1.29 is 4.52 Å². The number of halogens is 1. The Balaban J connectivity index is 1.72. The Bertz CT molecular complexity index is 554. The number of thioether (sulfide) groups is 1. The van der Waals surface area contributed by atoms with Crippen molar-refractivity contribution in [1.29, 1.82) is 0 Å². The summed E-state index contributed by atoms with van der Waals surface area (Å²) in [6.45, 7) is 1.05. The van der Waals surface area contributed by atoms with Gasteiger partial charge in [0.1, 0.15) is 0 Å². The van der Waals surface area contributed by atoms with Crippen molar-refractivity contribution in [2.75, 3.05) is 18.1 Å². The molecule has 0 bridgehead atoms. The molecule has 3 rings (SSSR count). The van der Waals surface area contributed by atoms with Crippen LogP contribution in [-0.2, 0) is 6.42 Å². The smallest absolute Gasteiger partial charge is 0.228 e. The first kappa shape index (κ1) is 13.0. The Hall–Kier alpha value is -1.04. The molecule has 1 saturated heterocycles. The van der Waals surface area contributed by atoms with Crippen LogP contribution >= 0.6 is 23.4 Å². The van der Waals surface area contributed by atoms with Crippen molar-refractivity contribution in [3.8, 4) is 11.4 Å². The lowest BCUT2D eigenvalue weighted by Gasteiger charge is -2.21. The lowest BCUT2D eigenvalue weighted by Crippen LogP contribution is -2.38. The van der Waals surface area contributed by atoms with Crippen LogP contribution in [0.4, 0.5) is 0 Å². The average Bonchev–Trinajstić information content (AvgIpc) is 2.88. The fourth-order valence-electron chi connectivity index (χ4n) is 2.04. The molecule has 2 aromatic rings. The summed E-state index contributed by atoms with van der Waals surface area (Å²) in [5.41, 5.74) is 0.883. The van der Waals surface area contributed by atoms with E-state index in [0.29, 0.717) is 22.8 Å². The molecule has 1 unspecified atom stereocenters. The van der Waals surface area contributed by atoms with E-state index in [2.05, 4.69) is 15.5 Å². The summed E-state index contributed by atoms with van der Waals surface area (Å²) in [7, 11) is 0. The predicted octanol–water partition coefficient (Wildman–Crippen LogP) is 2.64. The summed E-state index contributed by atoms with van der Waals surface area (Å²) in [6, 6.07) is 7.90. The van der Waals surface area contributed by atoms with Crippen molar-refractivity contribution in [3.63, 3.8) is 0 Å². The maximum Gasteiger partial charge on any atom is 0.228 e. The monoisotopic (exact) mass is 295 g/mol. The summed E-state index contributed by atoms with van der Waals surface area (Å²) < 4.78 is 5.31. The van der Waals surface area contributed by atoms with Gasteiger partial charge in [0.15, 0.2) is 0 Å². The van der Waals surface area contributed by atoms with Crippen molar-refractivity contribution in [2.45, 2.75) is 12.5 Å². The zero-order valence-electron chi connectivity index (χ0n) is 10.3. The predicted molar refractivity (Wildman–Crippen MR) is 77.6 cm³/mol. The van der Waals surface area contributed by atoms with Crippen molar-refractivity contribution in [3.05, 3.63) is 35.2 Å². The number of hydrogen-bond acceptors (Lipinski definition) is 5. The first-order valence-electron chi connectivity index (χ1n) is 6.21. The van der Waals surface area contributed by atoms with Crippen LogP contribution in [0.1, 0.15) is 5.89 Å². The second kappa shape index (κ2) is 5.94. The molecule has 4 nitrogen and oxygen atoms in total. The standard InChI is InChI=1S/C13H14ClN3OS/c14-10-3-1-2-9(6-10)13-16-12(18-17-13)7-11-8-19-5-4-15-11/h1-3,6,11,15H,4-5,7-8H2. The molecule has 1 atom stereocenters. The molecule has 0 saturated carbocycles. The number of benzene rings is 1. The second-order valence-electron chi connectivity index (χ2n) is 4.45. The van der Waals surface area contributed by atoms with Gasteiger partial charge in [0.2, 0.25) is 11.7 Å². The van der Waals surface area contributed by atoms with Gasteiger partial charge in [-0.15, -0.1) is 0 Å². The minimum absolute atomic E-state index is 0.423. The molecule has 1 aliphatic rings. The van der Waals surface area contributed by atoms with Gasteiger partial charge in [-0.1, -0.05) is 28.9 Å². The molecule has 1 N–H and O–H groups in total. The van der Waals surface area contributed by atoms with Crippen LogP contribution in [0.25, 0.3) is 11.4 Å². The number of hydrogen-bond donors (Lipinski definition) is 1. The van der Waals surface area contributed by atoms with E-state index in [1.165, 1.54) is 5.75 Å². The van der Waals surface area contributed by atoms with Gasteiger partial charge in [-0.3, -0.25) is 0 Å². The summed E-state index contributed by atoms with van der Waals surface area (Å²) in [4.78, 5) is 4.43. The SMILES string of the molecule is Clc1cccc(-c2noc(CC3CSCCN3)n2)c1. The molecule has 1 aromatic heterocycles. The van der Waals surface area contributed by atoms with E-state index in [1.807, 2.05) is 36.0 Å². The second-order valence-corrected chi connectivity index (χ2v) is 6.04. The topological polar surface area (TPSA) is 51.0 Å². The third-order valence-corrected chi connectivity index (χ3v) is 4.34. The molecule has 19 heavy (non-hydrogen) atoms. The number of nitrogens with zero attached hydrogens (tertiary/aromatic N) is 2. The highest BCUT2D eigenvalue weighted by atomic mass is 35.5. The maximum atomic E-state index is 5.96. The van der Waals surface area contributed by atoms with Crippen LogP contribution in [0.3, 0.4) is 0 Å². The molecule has 0 radical (unpaired) electrons. The van der Waals surface area contributed by atoms with Crippen LogP contribution in [0.15, 0.2) is 28.8 Å². The van der Waals surface area contributed by atoms with Gasteiger partial charge in [-0.05, 0) is 12.1 Å². The van der Waals surface area contributed by atoms with Gasteiger partial charge in [0, 0.05) is 41.1 Å². The molecule has 0 amide bonds. The largest absolute Gasteiger partial charge is 0.339 e. The highest BCUT2D eigenvalue weighted by Crippen LogP contribution is 2.20. The molecule has 0 spiro atoms. The first-order valence-corrected chi connectivity index (χ1v) is 7.74. The van der Waals surface area contributed by atoms with Crippen LogP contribution in [0, 0.1) is 0 Å². The van der Waals surface area contributed by atoms with Crippen LogP contribution in [0.2, 0.25) is 5.02 Å². The summed E-state index contributed by atoms with van der Waals surface area (Å²) in [5.74, 6) is 3.54. The molecule has 0 aliphatic carbocycles. The molecule has 2 heterocycles. The number of rotatable bonds is 3. The normalized spacial score (nSPS) is 19.5. The van der Waals surface area contributed by atoms with E-state index >= 15 is 0 Å². The Morgan fingerprint density at radius 1 is 1.47 bits per heavy atom. The van der Waals surface area contributed by atoms with E-state index in [0.717, 1.165) is 24.3 Å². The lowest BCUT2D eigenvalue weighted by atomic mass is 10.2. The van der Waals surface area contributed by atoms with Gasteiger partial charge in [-0.2, -0.15) is 16.7 Å². The van der Waals surface area contributed by atoms with E-state index in [-0.39, 0.29) is 0 Å². The Kier molecular flexibility index (Phi) is 4.06. The van der Waals surface area contributed by atoms with Crippen LogP contribution in [-0.4, -0.2) is 34.2 Å². The molecule has 6 heteroatoms. The summed E-state index contributed by atoms with van der Waals surface area (Å²) in [5, 5.41) is 8.14. The number of nitrogens with one attached hydrogen (secondary N) is 1. The lowest BCUT2D eigenvalue weighted by molar-refractivity contribution is 0.363. The molecular formula is C13H14ClN3OS. The van der Waals surface area contributed by atoms with Gasteiger partial charge in [0.25, 0.3) is 0 Å². The molecule has 1 fully saturated rings. The van der Waals surface area contributed by atoms with Crippen LogP contribution < -0.4 is 5.32 Å². The molecular weight excluding hydrogens is 282 g/mol. The van der Waals surface area contributed by atoms with Gasteiger partial charge in [-0.25, -0.2) is 0 Å². The van der Waals surface area contributed by atoms with Crippen molar-refractivity contribution in [2.24, 2.45) is 0 Å². The Labute approximate surface area is 120 Å². The van der Waals surface area contributed by atoms with E-state index in [1.54, 1.807) is 0 Å². The van der Waals surface area contributed by atoms with E-state index in [9.17, 15) is 0 Å². The third kappa shape index (κ3) is 3.29. The third-order valence-electron chi connectivity index (χ3n) is 2.97. The zero-order valence-corrected chi connectivity index (χ0v) is 11.9. The van der Waals surface area contributed by atoms with Gasteiger partial charge in [0.05, 0.1) is 0 Å². The van der Waals surface area contributed by atoms with Gasteiger partial charge >= 0.3 is 0 Å². The van der Waals surface area contributed by atoms with E-state index < -0.39 is 0 Å². The Morgan fingerprint density at radius 2 is 2.42 bits per heavy atom. The summed E-state index contributed by atoms with van der Waals surface area (Å²) >= 11 is 7.92. The average molecular weight is 296 g/mol. The number of aromatic nitrogens is 2. The van der Waals surface area contributed by atoms with Crippen molar-refractivity contribution in [1.82, 2.24) is 15.5 Å². The highest BCUT2D eigenvalue weighted by Gasteiger charge is 2.17. The molecule has 100 valence electrons. The van der Waals surface area contributed by atoms with Crippen LogP contribution in [0.5, 0.6) is 0 Å². The van der Waals surface area contributed by atoms with E-state index in [4.69, 9.17) is 16.1 Å². The van der Waals surface area contributed by atoms with Gasteiger partial charge < -0.3 is 9.84 Å². The molecule has 1 aromatic carbocycles. The molecule has 1 aliphatic heterocycles. The Morgan fingerprint density at radius 3 is 3.21 bits per heavy atom. The zero-order chi connectivity index (χ0) is 13.1. The highest BCUT2D eigenvalue weighted by molar-refractivity contribution is 7.99. The minimum atomic E-state index is 0.423. The summed E-state index contributed by atoms with van der Waals surface area (Å²) in [6.07, 6.45) is 0.778. The van der Waals surface area contributed by atoms with Crippen molar-refractivity contribution >= 4 is 23.4 Å². The minimum Gasteiger partial charge on any atom is -0.339 e. The fraction of sp³-hybridized carbons (Fsp3) is 0.385. The first-order chi connectivity index (χ1) is 9.31.